The Morgan fingerprint density at radius 3 is 2.10 bits per heavy atom. The number of hydrogen-bond donors (Lipinski definition) is 1. The van der Waals surface area contributed by atoms with E-state index in [1.165, 1.54) is 16.4 Å². The van der Waals surface area contributed by atoms with E-state index in [0.29, 0.717) is 12.8 Å². The minimum absolute atomic E-state index is 0.0730. The molecule has 2 fully saturated rings. The highest BCUT2D eigenvalue weighted by atomic mass is 19.2. The minimum atomic E-state index is -1.59. The first-order valence-electron chi connectivity index (χ1n) is 10.1. The van der Waals surface area contributed by atoms with Crippen molar-refractivity contribution < 1.29 is 27.9 Å². The quantitative estimate of drug-likeness (QED) is 0.747. The summed E-state index contributed by atoms with van der Waals surface area (Å²) in [5, 5.41) is 8.41. The monoisotopic (exact) mass is 437 g/mol. The molecule has 1 N–H and O–H groups in total. The third-order valence-electron chi connectivity index (χ3n) is 6.04. The Balaban J connectivity index is 1.96. The molecule has 2 aromatic rings. The van der Waals surface area contributed by atoms with Crippen molar-refractivity contribution in [1.29, 1.82) is 0 Å². The highest BCUT2D eigenvalue weighted by Gasteiger charge is 2.37. The lowest BCUT2D eigenvalue weighted by molar-refractivity contribution is -0.133. The number of aromatic carboxylic acids is 1. The molecule has 4 rings (SSSR count). The summed E-state index contributed by atoms with van der Waals surface area (Å²) >= 11 is 0. The first-order valence-corrected chi connectivity index (χ1v) is 10.1. The van der Waals surface area contributed by atoms with Gasteiger partial charge in [-0.3, -0.25) is 9.59 Å². The van der Waals surface area contributed by atoms with Crippen molar-refractivity contribution in [3.63, 3.8) is 0 Å². The van der Waals surface area contributed by atoms with Gasteiger partial charge in [0.2, 0.25) is 11.3 Å². The fraction of sp³-hybridized carbons (Fsp3) is 0.476. The van der Waals surface area contributed by atoms with E-state index in [-0.39, 0.29) is 37.1 Å². The van der Waals surface area contributed by atoms with Gasteiger partial charge in [0.05, 0.1) is 10.9 Å². The van der Waals surface area contributed by atoms with E-state index in [1.807, 2.05) is 0 Å². The predicted octanol–water partition coefficient (Wildman–Crippen LogP) is 2.90. The third-order valence-corrected chi connectivity index (χ3v) is 6.04. The lowest BCUT2D eigenvalue weighted by atomic mass is 10.0. The van der Waals surface area contributed by atoms with Crippen LogP contribution in [-0.2, 0) is 4.79 Å². The van der Waals surface area contributed by atoms with Crippen LogP contribution >= 0.6 is 0 Å². The van der Waals surface area contributed by atoms with Crippen LogP contribution in [0.2, 0.25) is 0 Å². The molecule has 7 nitrogen and oxygen atoms in total. The molecule has 166 valence electrons. The predicted molar refractivity (Wildman–Crippen MR) is 107 cm³/mol. The molecule has 1 aromatic carbocycles. The zero-order chi connectivity index (χ0) is 22.8. The van der Waals surface area contributed by atoms with Crippen molar-refractivity contribution >= 4 is 28.5 Å². The number of benzene rings is 1. The van der Waals surface area contributed by atoms with Crippen LogP contribution in [0.25, 0.3) is 10.9 Å². The van der Waals surface area contributed by atoms with Gasteiger partial charge in [0.25, 0.3) is 0 Å². The molecule has 0 spiro atoms. The number of carboxylic acids is 1. The van der Waals surface area contributed by atoms with Crippen LogP contribution in [0.3, 0.4) is 0 Å². The zero-order valence-electron chi connectivity index (χ0n) is 17.3. The van der Waals surface area contributed by atoms with E-state index in [1.54, 1.807) is 18.7 Å². The van der Waals surface area contributed by atoms with Gasteiger partial charge in [-0.15, -0.1) is 0 Å². The number of amides is 1. The van der Waals surface area contributed by atoms with E-state index < -0.39 is 51.0 Å². The number of anilines is 1. The molecule has 1 saturated carbocycles. The Hall–Kier alpha value is -3.04. The summed E-state index contributed by atoms with van der Waals surface area (Å²) in [6.07, 6.45) is 2.22. The van der Waals surface area contributed by atoms with Crippen molar-refractivity contribution in [2.24, 2.45) is 0 Å². The van der Waals surface area contributed by atoms with Gasteiger partial charge in [0.1, 0.15) is 11.3 Å². The second kappa shape index (κ2) is 7.28. The maximum absolute atomic E-state index is 15.7. The number of halogens is 3. The Morgan fingerprint density at radius 2 is 1.61 bits per heavy atom. The molecule has 0 bridgehead atoms. The normalized spacial score (nSPS) is 21.6. The number of pyridine rings is 1. The van der Waals surface area contributed by atoms with Crippen LogP contribution < -0.4 is 10.3 Å². The summed E-state index contributed by atoms with van der Waals surface area (Å²) < 4.78 is 47.2. The van der Waals surface area contributed by atoms with Gasteiger partial charge >= 0.3 is 5.97 Å². The molecule has 1 aliphatic carbocycles. The van der Waals surface area contributed by atoms with Gasteiger partial charge < -0.3 is 19.5 Å². The SMILES string of the molecule is CC(=O)N1[C@@H](C)CN(c2c(F)c(F)c3c(=O)c(C(=O)O)cn(C4CC4)c3c2F)C[C@@H]1C. The maximum Gasteiger partial charge on any atom is 0.341 e. The van der Waals surface area contributed by atoms with Gasteiger partial charge in [-0.1, -0.05) is 0 Å². The number of rotatable bonds is 3. The average molecular weight is 437 g/mol. The fourth-order valence-electron chi connectivity index (χ4n) is 4.68. The molecule has 10 heteroatoms. The fourth-order valence-corrected chi connectivity index (χ4v) is 4.68. The maximum atomic E-state index is 15.7. The topological polar surface area (TPSA) is 82.8 Å². The zero-order valence-corrected chi connectivity index (χ0v) is 17.3. The lowest BCUT2D eigenvalue weighted by Crippen LogP contribution is -2.58. The number of fused-ring (bicyclic) bond motifs is 1. The van der Waals surface area contributed by atoms with Gasteiger partial charge in [-0.25, -0.2) is 18.0 Å². The highest BCUT2D eigenvalue weighted by Crippen LogP contribution is 2.41. The molecule has 1 amide bonds. The number of aromatic nitrogens is 1. The molecular formula is C21H22F3N3O4. The Labute approximate surface area is 175 Å². The average Bonchev–Trinajstić information content (AvgIpc) is 3.50. The number of piperazine rings is 1. The Bertz CT molecular complexity index is 1160. The summed E-state index contributed by atoms with van der Waals surface area (Å²) in [4.78, 5) is 38.9. The Morgan fingerprint density at radius 1 is 1.03 bits per heavy atom. The molecule has 2 heterocycles. The van der Waals surface area contributed by atoms with Crippen LogP contribution in [0, 0.1) is 17.5 Å². The smallest absolute Gasteiger partial charge is 0.341 e. The van der Waals surface area contributed by atoms with Crippen LogP contribution in [-0.4, -0.2) is 51.6 Å². The molecular weight excluding hydrogens is 415 g/mol. The summed E-state index contributed by atoms with van der Waals surface area (Å²) in [7, 11) is 0. The highest BCUT2D eigenvalue weighted by molar-refractivity contribution is 5.94. The van der Waals surface area contributed by atoms with Gasteiger partial charge in [0, 0.05) is 44.3 Å². The molecule has 1 aliphatic heterocycles. The van der Waals surface area contributed by atoms with Crippen molar-refractivity contribution in [3.05, 3.63) is 39.4 Å². The molecule has 1 aromatic heterocycles. The van der Waals surface area contributed by atoms with Gasteiger partial charge in [0.15, 0.2) is 17.5 Å². The lowest BCUT2D eigenvalue weighted by Gasteiger charge is -2.45. The second-order valence-corrected chi connectivity index (χ2v) is 8.36. The standard InChI is InChI=1S/C21H22F3N3O4/c1-9-6-25(7-10(2)27(9)11(3)28)19-16(23)15(22)14-18(17(19)24)26(12-4-5-12)8-13(20(14)29)21(30)31/h8-10,12H,4-7H2,1-3H3,(H,30,31)/t9-,10-/m0/s1. The van der Waals surface area contributed by atoms with Crippen LogP contribution in [0.1, 0.15) is 50.0 Å². The first-order chi connectivity index (χ1) is 14.5. The number of carboxylic acid groups (broad SMARTS) is 1. The van der Waals surface area contributed by atoms with Crippen molar-refractivity contribution in [1.82, 2.24) is 9.47 Å². The second-order valence-electron chi connectivity index (χ2n) is 8.36. The molecule has 0 radical (unpaired) electrons. The van der Waals surface area contributed by atoms with E-state index in [2.05, 4.69) is 0 Å². The summed E-state index contributed by atoms with van der Waals surface area (Å²) in [5.41, 5.74) is -3.03. The van der Waals surface area contributed by atoms with Crippen LogP contribution in [0.15, 0.2) is 11.0 Å². The minimum Gasteiger partial charge on any atom is -0.477 e. The van der Waals surface area contributed by atoms with Gasteiger partial charge in [-0.05, 0) is 26.7 Å². The van der Waals surface area contributed by atoms with Crippen LogP contribution in [0.4, 0.5) is 18.9 Å². The number of nitrogens with zero attached hydrogens (tertiary/aromatic N) is 3. The molecule has 1 saturated heterocycles. The van der Waals surface area contributed by atoms with Crippen molar-refractivity contribution in [2.45, 2.75) is 51.7 Å². The first kappa shape index (κ1) is 21.2. The van der Waals surface area contributed by atoms with E-state index in [0.717, 1.165) is 6.20 Å². The largest absolute Gasteiger partial charge is 0.477 e. The summed E-state index contributed by atoms with van der Waals surface area (Å²) in [6.45, 7) is 5.02. The molecule has 2 atom stereocenters. The molecule has 31 heavy (non-hydrogen) atoms. The molecule has 0 unspecified atom stereocenters. The summed E-state index contributed by atoms with van der Waals surface area (Å²) in [5.74, 6) is -5.97. The van der Waals surface area contributed by atoms with E-state index in [4.69, 9.17) is 0 Å². The summed E-state index contributed by atoms with van der Waals surface area (Å²) in [6, 6.07) is -1.04. The molecule has 2 aliphatic rings. The van der Waals surface area contributed by atoms with Crippen molar-refractivity contribution in [3.8, 4) is 0 Å². The number of carbonyl (C=O) groups is 2. The number of carbonyl (C=O) groups excluding carboxylic acids is 1. The van der Waals surface area contributed by atoms with E-state index >= 15 is 13.2 Å². The van der Waals surface area contributed by atoms with Gasteiger partial charge in [-0.2, -0.15) is 0 Å². The third kappa shape index (κ3) is 3.24. The van der Waals surface area contributed by atoms with Crippen molar-refractivity contribution in [2.75, 3.05) is 18.0 Å². The van der Waals surface area contributed by atoms with Crippen LogP contribution in [0.5, 0.6) is 0 Å². The Kier molecular flexibility index (Phi) is 4.98. The van der Waals surface area contributed by atoms with E-state index in [9.17, 15) is 19.5 Å². The number of hydrogen-bond acceptors (Lipinski definition) is 4.